The molecule has 2 rings (SSSR count). The van der Waals surface area contributed by atoms with Crippen molar-refractivity contribution in [3.8, 4) is 0 Å². The van der Waals surface area contributed by atoms with E-state index in [1.165, 1.54) is 19.2 Å². The SMILES string of the molecule is CC(=O)NC1=NC=C(N2CCN(CC(C)C)CC2)C1. The zero-order chi connectivity index (χ0) is 13.8. The maximum atomic E-state index is 11.0. The van der Waals surface area contributed by atoms with Crippen LogP contribution in [0, 0.1) is 5.92 Å². The van der Waals surface area contributed by atoms with E-state index in [0.717, 1.165) is 44.4 Å². The third-order valence-electron chi connectivity index (χ3n) is 3.44. The van der Waals surface area contributed by atoms with Gasteiger partial charge in [-0.3, -0.25) is 9.69 Å². The topological polar surface area (TPSA) is 47.9 Å². The van der Waals surface area contributed by atoms with Crippen LogP contribution >= 0.6 is 0 Å². The first-order valence-electron chi connectivity index (χ1n) is 7.05. The Balaban J connectivity index is 1.76. The Morgan fingerprint density at radius 3 is 2.63 bits per heavy atom. The van der Waals surface area contributed by atoms with E-state index in [2.05, 4.69) is 34.0 Å². The van der Waals surface area contributed by atoms with Crippen molar-refractivity contribution in [3.05, 3.63) is 11.9 Å². The van der Waals surface area contributed by atoms with Gasteiger partial charge in [0.2, 0.25) is 5.91 Å². The molecule has 0 atom stereocenters. The van der Waals surface area contributed by atoms with E-state index in [1.807, 2.05) is 6.20 Å². The van der Waals surface area contributed by atoms with Gasteiger partial charge < -0.3 is 10.2 Å². The molecule has 106 valence electrons. The average molecular weight is 264 g/mol. The lowest BCUT2D eigenvalue weighted by Gasteiger charge is -2.37. The number of nitrogens with one attached hydrogen (secondary N) is 1. The standard InChI is InChI=1S/C14H24N4O/c1-11(2)10-17-4-6-18(7-5-17)13-8-14(15-9-13)16-12(3)19/h9,11H,4-8,10H2,1-3H3,(H,15,16,19). The molecule has 1 N–H and O–H groups in total. The molecular formula is C14H24N4O. The van der Waals surface area contributed by atoms with E-state index in [9.17, 15) is 4.79 Å². The molecule has 0 spiro atoms. The van der Waals surface area contributed by atoms with E-state index < -0.39 is 0 Å². The predicted octanol–water partition coefficient (Wildman–Crippen LogP) is 1.04. The van der Waals surface area contributed by atoms with Gasteiger partial charge in [0.1, 0.15) is 5.84 Å². The molecule has 0 unspecified atom stereocenters. The van der Waals surface area contributed by atoms with Crippen LogP contribution in [0.5, 0.6) is 0 Å². The van der Waals surface area contributed by atoms with Crippen molar-refractivity contribution in [3.63, 3.8) is 0 Å². The van der Waals surface area contributed by atoms with Gasteiger partial charge in [0.15, 0.2) is 0 Å². The molecule has 1 fully saturated rings. The zero-order valence-electron chi connectivity index (χ0n) is 12.1. The van der Waals surface area contributed by atoms with Crippen molar-refractivity contribution in [2.45, 2.75) is 27.2 Å². The van der Waals surface area contributed by atoms with Crippen molar-refractivity contribution >= 4 is 11.7 Å². The number of hydrogen-bond acceptors (Lipinski definition) is 4. The van der Waals surface area contributed by atoms with Gasteiger partial charge in [-0.25, -0.2) is 4.99 Å². The van der Waals surface area contributed by atoms with Crippen molar-refractivity contribution in [2.24, 2.45) is 10.9 Å². The summed E-state index contributed by atoms with van der Waals surface area (Å²) in [6.45, 7) is 11.6. The second kappa shape index (κ2) is 6.19. The summed E-state index contributed by atoms with van der Waals surface area (Å²) < 4.78 is 0. The van der Waals surface area contributed by atoms with Crippen molar-refractivity contribution in [2.75, 3.05) is 32.7 Å². The molecule has 0 radical (unpaired) electrons. The summed E-state index contributed by atoms with van der Waals surface area (Å²) >= 11 is 0. The number of carbonyl (C=O) groups is 1. The molecule has 1 saturated heterocycles. The summed E-state index contributed by atoms with van der Waals surface area (Å²) in [7, 11) is 0. The number of amidine groups is 1. The minimum atomic E-state index is -0.0462. The van der Waals surface area contributed by atoms with E-state index in [1.54, 1.807) is 0 Å². The zero-order valence-corrected chi connectivity index (χ0v) is 12.1. The summed E-state index contributed by atoms with van der Waals surface area (Å²) in [4.78, 5) is 20.2. The maximum absolute atomic E-state index is 11.0. The average Bonchev–Trinajstić information content (AvgIpc) is 2.76. The fourth-order valence-electron chi connectivity index (χ4n) is 2.62. The van der Waals surface area contributed by atoms with E-state index >= 15 is 0 Å². The Labute approximate surface area is 115 Å². The predicted molar refractivity (Wildman–Crippen MR) is 76.8 cm³/mol. The van der Waals surface area contributed by atoms with Gasteiger partial charge in [-0.15, -0.1) is 0 Å². The van der Waals surface area contributed by atoms with Crippen LogP contribution in [0.3, 0.4) is 0 Å². The van der Waals surface area contributed by atoms with E-state index in [4.69, 9.17) is 0 Å². The molecule has 0 aliphatic carbocycles. The van der Waals surface area contributed by atoms with Crippen molar-refractivity contribution in [1.29, 1.82) is 0 Å². The summed E-state index contributed by atoms with van der Waals surface area (Å²) in [5, 5.41) is 2.77. The normalized spacial score (nSPS) is 20.5. The smallest absolute Gasteiger partial charge is 0.222 e. The Hall–Kier alpha value is -1.36. The van der Waals surface area contributed by atoms with Gasteiger partial charge >= 0.3 is 0 Å². The van der Waals surface area contributed by atoms with Gasteiger partial charge in [-0.1, -0.05) is 13.8 Å². The van der Waals surface area contributed by atoms with Crippen LogP contribution in [-0.4, -0.2) is 54.3 Å². The van der Waals surface area contributed by atoms with Crippen molar-refractivity contribution in [1.82, 2.24) is 15.1 Å². The van der Waals surface area contributed by atoms with Crippen LogP contribution in [0.2, 0.25) is 0 Å². The first-order chi connectivity index (χ1) is 9.04. The number of piperazine rings is 1. The third-order valence-corrected chi connectivity index (χ3v) is 3.44. The first kappa shape index (κ1) is 14.1. The van der Waals surface area contributed by atoms with Crippen molar-refractivity contribution < 1.29 is 4.79 Å². The maximum Gasteiger partial charge on any atom is 0.222 e. The second-order valence-corrected chi connectivity index (χ2v) is 5.74. The van der Waals surface area contributed by atoms with Crippen LogP contribution in [0.25, 0.3) is 0 Å². The highest BCUT2D eigenvalue weighted by Gasteiger charge is 2.22. The molecule has 0 saturated carbocycles. The van der Waals surface area contributed by atoms with E-state index in [0.29, 0.717) is 0 Å². The number of amides is 1. The van der Waals surface area contributed by atoms with Crippen LogP contribution in [0.4, 0.5) is 0 Å². The minimum Gasteiger partial charge on any atom is -0.371 e. The molecule has 1 amide bonds. The molecule has 0 aromatic rings. The molecule has 0 aromatic carbocycles. The second-order valence-electron chi connectivity index (χ2n) is 5.74. The molecule has 0 aromatic heterocycles. The first-order valence-corrected chi connectivity index (χ1v) is 7.05. The lowest BCUT2D eigenvalue weighted by atomic mass is 10.2. The molecule has 2 aliphatic rings. The highest BCUT2D eigenvalue weighted by molar-refractivity contribution is 5.99. The molecule has 2 heterocycles. The Morgan fingerprint density at radius 2 is 2.05 bits per heavy atom. The van der Waals surface area contributed by atoms with E-state index in [-0.39, 0.29) is 5.91 Å². The molecular weight excluding hydrogens is 240 g/mol. The fourth-order valence-corrected chi connectivity index (χ4v) is 2.62. The fraction of sp³-hybridized carbons (Fsp3) is 0.714. The number of carbonyl (C=O) groups excluding carboxylic acids is 1. The molecule has 0 bridgehead atoms. The number of nitrogens with zero attached hydrogens (tertiary/aromatic N) is 3. The lowest BCUT2D eigenvalue weighted by Crippen LogP contribution is -2.47. The van der Waals surface area contributed by atoms with Gasteiger partial charge in [0, 0.05) is 58.0 Å². The monoisotopic (exact) mass is 264 g/mol. The lowest BCUT2D eigenvalue weighted by molar-refractivity contribution is -0.117. The minimum absolute atomic E-state index is 0.0462. The number of hydrogen-bond donors (Lipinski definition) is 1. The van der Waals surface area contributed by atoms with Crippen LogP contribution in [0.1, 0.15) is 27.2 Å². The van der Waals surface area contributed by atoms with Crippen LogP contribution < -0.4 is 5.32 Å². The van der Waals surface area contributed by atoms with Crippen LogP contribution in [0.15, 0.2) is 16.9 Å². The summed E-state index contributed by atoms with van der Waals surface area (Å²) in [5.74, 6) is 1.45. The third kappa shape index (κ3) is 4.06. The van der Waals surface area contributed by atoms with Crippen LogP contribution in [-0.2, 0) is 4.79 Å². The number of rotatable bonds is 3. The molecule has 2 aliphatic heterocycles. The van der Waals surface area contributed by atoms with Gasteiger partial charge in [-0.05, 0) is 5.92 Å². The number of aliphatic imine (C=N–C) groups is 1. The highest BCUT2D eigenvalue weighted by Crippen LogP contribution is 2.18. The summed E-state index contributed by atoms with van der Waals surface area (Å²) in [6, 6.07) is 0. The molecule has 5 nitrogen and oxygen atoms in total. The van der Waals surface area contributed by atoms with Gasteiger partial charge in [0.05, 0.1) is 0 Å². The molecule has 19 heavy (non-hydrogen) atoms. The quantitative estimate of drug-likeness (QED) is 0.828. The largest absolute Gasteiger partial charge is 0.371 e. The highest BCUT2D eigenvalue weighted by atomic mass is 16.1. The summed E-state index contributed by atoms with van der Waals surface area (Å²) in [6.07, 6.45) is 2.65. The Bertz CT molecular complexity index is 392. The van der Waals surface area contributed by atoms with Gasteiger partial charge in [0.25, 0.3) is 0 Å². The Kier molecular flexibility index (Phi) is 4.58. The Morgan fingerprint density at radius 1 is 1.37 bits per heavy atom. The van der Waals surface area contributed by atoms with Gasteiger partial charge in [-0.2, -0.15) is 0 Å². The summed E-state index contributed by atoms with van der Waals surface area (Å²) in [5.41, 5.74) is 1.23. The molecule has 5 heteroatoms.